The highest BCUT2D eigenvalue weighted by Crippen LogP contribution is 2.30. The molecule has 3 heterocycles. The zero-order chi connectivity index (χ0) is 21.1. The van der Waals surface area contributed by atoms with Crippen LogP contribution in [0, 0.1) is 12.8 Å². The van der Waals surface area contributed by atoms with Crippen LogP contribution in [-0.2, 0) is 9.53 Å². The van der Waals surface area contributed by atoms with E-state index in [4.69, 9.17) is 4.74 Å². The SMILES string of the molecule is CCOC(=O)C1CCCN(C(=O)c2cc(-c3cc(C)cs3)cc(-n3cnnn3)c2)C1. The van der Waals surface area contributed by atoms with Crippen molar-refractivity contribution in [1.29, 1.82) is 0 Å². The smallest absolute Gasteiger partial charge is 0.310 e. The van der Waals surface area contributed by atoms with Crippen molar-refractivity contribution in [1.82, 2.24) is 25.1 Å². The van der Waals surface area contributed by atoms with Crippen molar-refractivity contribution >= 4 is 23.2 Å². The number of carbonyl (C=O) groups is 2. The summed E-state index contributed by atoms with van der Waals surface area (Å²) in [4.78, 5) is 28.3. The van der Waals surface area contributed by atoms with E-state index in [1.807, 2.05) is 19.1 Å². The Labute approximate surface area is 178 Å². The number of ether oxygens (including phenoxy) is 1. The topological polar surface area (TPSA) is 90.2 Å². The second kappa shape index (κ2) is 8.74. The number of likely N-dealkylation sites (tertiary alicyclic amines) is 1. The summed E-state index contributed by atoms with van der Waals surface area (Å²) in [6.45, 7) is 5.18. The molecule has 9 heteroatoms. The summed E-state index contributed by atoms with van der Waals surface area (Å²) in [7, 11) is 0. The first-order chi connectivity index (χ1) is 14.5. The van der Waals surface area contributed by atoms with Crippen LogP contribution < -0.4 is 0 Å². The zero-order valence-electron chi connectivity index (χ0n) is 16.9. The number of tetrazole rings is 1. The van der Waals surface area contributed by atoms with Gasteiger partial charge in [-0.15, -0.1) is 16.4 Å². The molecule has 0 N–H and O–H groups in total. The molecule has 156 valence electrons. The maximum atomic E-state index is 13.4. The van der Waals surface area contributed by atoms with E-state index in [-0.39, 0.29) is 17.8 Å². The van der Waals surface area contributed by atoms with Crippen molar-refractivity contribution < 1.29 is 14.3 Å². The van der Waals surface area contributed by atoms with Crippen LogP contribution >= 0.6 is 11.3 Å². The fourth-order valence-electron chi connectivity index (χ4n) is 3.67. The molecule has 0 radical (unpaired) electrons. The van der Waals surface area contributed by atoms with E-state index in [1.165, 1.54) is 11.9 Å². The lowest BCUT2D eigenvalue weighted by Gasteiger charge is -2.31. The number of nitrogens with zero attached hydrogens (tertiary/aromatic N) is 5. The van der Waals surface area contributed by atoms with Crippen LogP contribution in [0.25, 0.3) is 16.1 Å². The quantitative estimate of drug-likeness (QED) is 0.584. The molecule has 1 unspecified atom stereocenters. The number of thiophene rings is 1. The molecule has 1 saturated heterocycles. The Balaban J connectivity index is 1.66. The number of esters is 1. The molecule has 1 atom stereocenters. The van der Waals surface area contributed by atoms with Gasteiger partial charge in [0.1, 0.15) is 6.33 Å². The molecule has 1 fully saturated rings. The van der Waals surface area contributed by atoms with Crippen LogP contribution in [-0.4, -0.2) is 56.7 Å². The largest absolute Gasteiger partial charge is 0.466 e. The van der Waals surface area contributed by atoms with Crippen LogP contribution in [0.4, 0.5) is 0 Å². The predicted molar refractivity (Wildman–Crippen MR) is 112 cm³/mol. The Morgan fingerprint density at radius 3 is 2.83 bits per heavy atom. The molecule has 4 rings (SSSR count). The number of benzene rings is 1. The van der Waals surface area contributed by atoms with Gasteiger partial charge < -0.3 is 9.64 Å². The molecule has 0 aliphatic carbocycles. The lowest BCUT2D eigenvalue weighted by atomic mass is 9.97. The Kier molecular flexibility index (Phi) is 5.89. The van der Waals surface area contributed by atoms with Gasteiger partial charge in [0.25, 0.3) is 5.91 Å². The third kappa shape index (κ3) is 4.25. The molecule has 8 nitrogen and oxygen atoms in total. The fraction of sp³-hybridized carbons (Fsp3) is 0.381. The van der Waals surface area contributed by atoms with Crippen LogP contribution in [0.15, 0.2) is 36.0 Å². The van der Waals surface area contributed by atoms with E-state index in [1.54, 1.807) is 33.9 Å². The second-order valence-electron chi connectivity index (χ2n) is 7.35. The summed E-state index contributed by atoms with van der Waals surface area (Å²) >= 11 is 1.63. The Hall–Kier alpha value is -3.07. The molecule has 1 aromatic carbocycles. The first kappa shape index (κ1) is 20.2. The van der Waals surface area contributed by atoms with E-state index in [0.717, 1.165) is 23.3 Å². The molecule has 0 spiro atoms. The first-order valence-electron chi connectivity index (χ1n) is 9.95. The van der Waals surface area contributed by atoms with Gasteiger partial charge >= 0.3 is 5.97 Å². The number of rotatable bonds is 5. The zero-order valence-corrected chi connectivity index (χ0v) is 17.8. The van der Waals surface area contributed by atoms with Gasteiger partial charge in [0.2, 0.25) is 0 Å². The molecule has 1 aliphatic heterocycles. The molecule has 0 saturated carbocycles. The van der Waals surface area contributed by atoms with Crippen LogP contribution in [0.5, 0.6) is 0 Å². The molecular weight excluding hydrogens is 402 g/mol. The Bertz CT molecular complexity index is 1050. The van der Waals surface area contributed by atoms with E-state index in [9.17, 15) is 9.59 Å². The van der Waals surface area contributed by atoms with Crippen LogP contribution in [0.3, 0.4) is 0 Å². The first-order valence-corrected chi connectivity index (χ1v) is 10.8. The third-order valence-electron chi connectivity index (χ3n) is 5.12. The average Bonchev–Trinajstić information content (AvgIpc) is 3.45. The third-order valence-corrected chi connectivity index (χ3v) is 6.22. The number of carbonyl (C=O) groups excluding carboxylic acids is 2. The van der Waals surface area contributed by atoms with Gasteiger partial charge in [0.05, 0.1) is 18.2 Å². The summed E-state index contributed by atoms with van der Waals surface area (Å²) in [5.74, 6) is -0.606. The van der Waals surface area contributed by atoms with Crippen LogP contribution in [0.2, 0.25) is 0 Å². The Morgan fingerprint density at radius 1 is 1.27 bits per heavy atom. The van der Waals surface area contributed by atoms with Crippen LogP contribution in [0.1, 0.15) is 35.7 Å². The van der Waals surface area contributed by atoms with Crippen molar-refractivity contribution in [3.63, 3.8) is 0 Å². The number of hydrogen-bond acceptors (Lipinski definition) is 7. The number of hydrogen-bond donors (Lipinski definition) is 0. The number of amides is 1. The van der Waals surface area contributed by atoms with Crippen molar-refractivity contribution in [3.8, 4) is 16.1 Å². The van der Waals surface area contributed by atoms with Gasteiger partial charge in [0, 0.05) is 23.5 Å². The Morgan fingerprint density at radius 2 is 2.13 bits per heavy atom. The minimum atomic E-state index is -0.273. The standard InChI is InChI=1S/C21H23N5O3S/c1-3-29-21(28)15-5-4-6-25(11-15)20(27)17-8-16(19-7-14(2)12-30-19)9-18(10-17)26-13-22-23-24-26/h7-10,12-13,15H,3-6,11H2,1-2H3. The van der Waals surface area contributed by atoms with Gasteiger partial charge in [-0.25, -0.2) is 4.68 Å². The van der Waals surface area contributed by atoms with Crippen molar-refractivity contribution in [3.05, 3.63) is 47.1 Å². The minimum Gasteiger partial charge on any atom is -0.466 e. The molecule has 1 aliphatic rings. The average molecular weight is 426 g/mol. The lowest BCUT2D eigenvalue weighted by molar-refractivity contribution is -0.149. The van der Waals surface area contributed by atoms with Gasteiger partial charge in [-0.05, 0) is 77.9 Å². The second-order valence-corrected chi connectivity index (χ2v) is 8.26. The van der Waals surface area contributed by atoms with Gasteiger partial charge in [-0.1, -0.05) is 0 Å². The molecule has 0 bridgehead atoms. The molecular formula is C21H23N5O3S. The van der Waals surface area contributed by atoms with E-state index >= 15 is 0 Å². The number of aromatic nitrogens is 4. The highest BCUT2D eigenvalue weighted by molar-refractivity contribution is 7.13. The lowest BCUT2D eigenvalue weighted by Crippen LogP contribution is -2.42. The van der Waals surface area contributed by atoms with Gasteiger partial charge in [-0.2, -0.15) is 0 Å². The summed E-state index contributed by atoms with van der Waals surface area (Å²) < 4.78 is 6.70. The van der Waals surface area contributed by atoms with Crippen molar-refractivity contribution in [2.75, 3.05) is 19.7 Å². The van der Waals surface area contributed by atoms with Gasteiger partial charge in [0.15, 0.2) is 0 Å². The summed E-state index contributed by atoms with van der Waals surface area (Å²) in [6, 6.07) is 7.75. The highest BCUT2D eigenvalue weighted by Gasteiger charge is 2.30. The van der Waals surface area contributed by atoms with Crippen molar-refractivity contribution in [2.45, 2.75) is 26.7 Å². The number of piperidine rings is 1. The van der Waals surface area contributed by atoms with E-state index < -0.39 is 0 Å². The predicted octanol–water partition coefficient (Wildman–Crippen LogP) is 3.11. The van der Waals surface area contributed by atoms with Gasteiger partial charge in [-0.3, -0.25) is 9.59 Å². The summed E-state index contributed by atoms with van der Waals surface area (Å²) in [6.07, 6.45) is 3.02. The summed E-state index contributed by atoms with van der Waals surface area (Å²) in [5, 5.41) is 13.5. The highest BCUT2D eigenvalue weighted by atomic mass is 32.1. The minimum absolute atomic E-state index is 0.103. The maximum Gasteiger partial charge on any atom is 0.310 e. The molecule has 30 heavy (non-hydrogen) atoms. The fourth-order valence-corrected chi connectivity index (χ4v) is 4.56. The monoisotopic (exact) mass is 425 g/mol. The number of aryl methyl sites for hydroxylation is 1. The van der Waals surface area contributed by atoms with E-state index in [0.29, 0.717) is 30.9 Å². The summed E-state index contributed by atoms with van der Waals surface area (Å²) in [5.41, 5.74) is 3.37. The molecule has 2 aromatic heterocycles. The van der Waals surface area contributed by atoms with Crippen molar-refractivity contribution in [2.24, 2.45) is 5.92 Å². The molecule has 3 aromatic rings. The van der Waals surface area contributed by atoms with E-state index in [2.05, 4.69) is 27.0 Å². The normalized spacial score (nSPS) is 16.5. The maximum absolute atomic E-state index is 13.4. The molecule has 1 amide bonds.